The van der Waals surface area contributed by atoms with Crippen LogP contribution in [0.2, 0.25) is 0 Å². The first kappa shape index (κ1) is 20.5. The van der Waals surface area contributed by atoms with Gasteiger partial charge in [-0.05, 0) is 6.92 Å². The molecule has 6 nitrogen and oxygen atoms in total. The summed E-state index contributed by atoms with van der Waals surface area (Å²) in [6.45, 7) is 9.52. The minimum absolute atomic E-state index is 0.225. The Bertz CT molecular complexity index is 272. The molecule has 0 radical (unpaired) electrons. The molecule has 0 spiro atoms. The van der Waals surface area contributed by atoms with Crippen LogP contribution >= 0.6 is 15.9 Å². The Morgan fingerprint density at radius 3 is 1.57 bits per heavy atom. The molecule has 0 aromatic heterocycles. The lowest BCUT2D eigenvalue weighted by molar-refractivity contribution is -0.140. The van der Waals surface area contributed by atoms with E-state index < -0.39 is 5.97 Å². The fourth-order valence-corrected chi connectivity index (χ4v) is 1.36. The molecule has 124 valence electrons. The van der Waals surface area contributed by atoms with Crippen molar-refractivity contribution in [3.8, 4) is 0 Å². The zero-order chi connectivity index (χ0) is 15.8. The van der Waals surface area contributed by atoms with Crippen molar-refractivity contribution in [2.45, 2.75) is 6.92 Å². The third-order valence-electron chi connectivity index (χ3n) is 2.15. The van der Waals surface area contributed by atoms with Gasteiger partial charge in [-0.15, -0.1) is 0 Å². The monoisotopic (exact) mass is 368 g/mol. The van der Waals surface area contributed by atoms with Crippen LogP contribution in [0, 0.1) is 0 Å². The molecule has 0 N–H and O–H groups in total. The lowest BCUT2D eigenvalue weighted by Crippen LogP contribution is -2.14. The van der Waals surface area contributed by atoms with E-state index in [-0.39, 0.29) is 6.61 Å². The van der Waals surface area contributed by atoms with Crippen molar-refractivity contribution in [1.82, 2.24) is 0 Å². The number of rotatable bonds is 15. The molecule has 0 amide bonds. The lowest BCUT2D eigenvalue weighted by atomic mass is 10.4. The fraction of sp³-hybridized carbons (Fsp3) is 0.786. The zero-order valence-corrected chi connectivity index (χ0v) is 14.2. The van der Waals surface area contributed by atoms with Crippen LogP contribution in [-0.2, 0) is 28.5 Å². The van der Waals surface area contributed by atoms with Crippen LogP contribution in [0.3, 0.4) is 0 Å². The van der Waals surface area contributed by atoms with E-state index in [0.717, 1.165) is 5.33 Å². The summed E-state index contributed by atoms with van der Waals surface area (Å²) in [5.74, 6) is -0.396. The van der Waals surface area contributed by atoms with E-state index in [2.05, 4.69) is 22.5 Å². The van der Waals surface area contributed by atoms with Crippen LogP contribution in [0.1, 0.15) is 6.92 Å². The quantitative estimate of drug-likeness (QED) is 0.189. The standard InChI is InChI=1S/C14H25BrO6/c1-13(2)14(16)21-12-11-20-10-9-19-8-7-18-6-5-17-4-3-15/h1,3-12H2,2H3. The highest BCUT2D eigenvalue weighted by Crippen LogP contribution is 1.91. The number of hydrogen-bond acceptors (Lipinski definition) is 6. The maximum Gasteiger partial charge on any atom is 0.333 e. The SMILES string of the molecule is C=C(C)C(=O)OCCOCCOCCOCCOCCBr. The van der Waals surface area contributed by atoms with Crippen LogP contribution in [-0.4, -0.2) is 70.8 Å². The number of hydrogen-bond donors (Lipinski definition) is 0. The molecule has 0 aliphatic carbocycles. The Hall–Kier alpha value is -0.470. The van der Waals surface area contributed by atoms with Gasteiger partial charge in [-0.2, -0.15) is 0 Å². The molecule has 0 bridgehead atoms. The first-order chi connectivity index (χ1) is 10.2. The van der Waals surface area contributed by atoms with Crippen molar-refractivity contribution in [3.63, 3.8) is 0 Å². The molecule has 0 aromatic rings. The van der Waals surface area contributed by atoms with Crippen molar-refractivity contribution in [3.05, 3.63) is 12.2 Å². The van der Waals surface area contributed by atoms with E-state index in [1.807, 2.05) is 0 Å². The topological polar surface area (TPSA) is 63.2 Å². The van der Waals surface area contributed by atoms with E-state index in [0.29, 0.717) is 58.4 Å². The molecular weight excluding hydrogens is 344 g/mol. The molecule has 0 heterocycles. The van der Waals surface area contributed by atoms with Gasteiger partial charge in [0.15, 0.2) is 0 Å². The van der Waals surface area contributed by atoms with Gasteiger partial charge < -0.3 is 23.7 Å². The third kappa shape index (κ3) is 15.7. The molecule has 0 fully saturated rings. The number of halogens is 1. The average molecular weight is 369 g/mol. The van der Waals surface area contributed by atoms with Crippen LogP contribution < -0.4 is 0 Å². The van der Waals surface area contributed by atoms with E-state index in [1.54, 1.807) is 6.92 Å². The van der Waals surface area contributed by atoms with Crippen LogP contribution in [0.4, 0.5) is 0 Å². The van der Waals surface area contributed by atoms with E-state index in [4.69, 9.17) is 23.7 Å². The molecule has 0 aliphatic rings. The van der Waals surface area contributed by atoms with Gasteiger partial charge >= 0.3 is 5.97 Å². The van der Waals surface area contributed by atoms with Gasteiger partial charge in [-0.1, -0.05) is 22.5 Å². The summed E-state index contributed by atoms with van der Waals surface area (Å²) in [5, 5.41) is 0.836. The normalized spacial score (nSPS) is 10.6. The van der Waals surface area contributed by atoms with Crippen molar-refractivity contribution in [2.24, 2.45) is 0 Å². The van der Waals surface area contributed by atoms with E-state index >= 15 is 0 Å². The van der Waals surface area contributed by atoms with Gasteiger partial charge in [-0.25, -0.2) is 4.79 Å². The van der Waals surface area contributed by atoms with E-state index in [9.17, 15) is 4.79 Å². The Kier molecular flexibility index (Phi) is 15.6. The molecule has 0 aliphatic heterocycles. The first-order valence-corrected chi connectivity index (χ1v) is 8.00. The lowest BCUT2D eigenvalue weighted by Gasteiger charge is -2.07. The van der Waals surface area contributed by atoms with Gasteiger partial charge in [0.1, 0.15) is 6.61 Å². The van der Waals surface area contributed by atoms with Crippen molar-refractivity contribution in [2.75, 3.05) is 64.8 Å². The Morgan fingerprint density at radius 2 is 1.19 bits per heavy atom. The van der Waals surface area contributed by atoms with Crippen molar-refractivity contribution >= 4 is 21.9 Å². The van der Waals surface area contributed by atoms with Crippen molar-refractivity contribution < 1.29 is 28.5 Å². The number of carbonyl (C=O) groups is 1. The summed E-state index contributed by atoms with van der Waals surface area (Å²) >= 11 is 3.27. The fourth-order valence-electron chi connectivity index (χ4n) is 1.13. The Morgan fingerprint density at radius 1 is 0.810 bits per heavy atom. The molecule has 0 atom stereocenters. The molecule has 21 heavy (non-hydrogen) atoms. The minimum Gasteiger partial charge on any atom is -0.460 e. The third-order valence-corrected chi connectivity index (χ3v) is 2.47. The predicted octanol–water partition coefficient (Wildman–Crippen LogP) is 1.57. The highest BCUT2D eigenvalue weighted by molar-refractivity contribution is 9.09. The second-order valence-corrected chi connectivity index (χ2v) is 4.85. The molecule has 0 saturated heterocycles. The summed E-state index contributed by atoms with van der Waals surface area (Å²) in [7, 11) is 0. The molecule has 0 unspecified atom stereocenters. The maximum absolute atomic E-state index is 11.0. The number of carbonyl (C=O) groups excluding carboxylic acids is 1. The maximum atomic E-state index is 11.0. The summed E-state index contributed by atoms with van der Waals surface area (Å²) < 4.78 is 25.9. The molecular formula is C14H25BrO6. The molecule has 7 heteroatoms. The smallest absolute Gasteiger partial charge is 0.333 e. The summed E-state index contributed by atoms with van der Waals surface area (Å²) in [6.07, 6.45) is 0. The summed E-state index contributed by atoms with van der Waals surface area (Å²) in [6, 6.07) is 0. The summed E-state index contributed by atoms with van der Waals surface area (Å²) in [5.41, 5.74) is 0.385. The van der Waals surface area contributed by atoms with Gasteiger partial charge in [0, 0.05) is 10.9 Å². The molecule has 0 aromatic carbocycles. The number of esters is 1. The zero-order valence-electron chi connectivity index (χ0n) is 12.6. The number of alkyl halides is 1. The van der Waals surface area contributed by atoms with Crippen LogP contribution in [0.5, 0.6) is 0 Å². The van der Waals surface area contributed by atoms with Crippen molar-refractivity contribution in [1.29, 1.82) is 0 Å². The van der Waals surface area contributed by atoms with E-state index in [1.165, 1.54) is 0 Å². The van der Waals surface area contributed by atoms with Crippen LogP contribution in [0.25, 0.3) is 0 Å². The highest BCUT2D eigenvalue weighted by Gasteiger charge is 2.01. The van der Waals surface area contributed by atoms with Gasteiger partial charge in [0.25, 0.3) is 0 Å². The Balaban J connectivity index is 3.06. The van der Waals surface area contributed by atoms with Gasteiger partial charge in [0.2, 0.25) is 0 Å². The summed E-state index contributed by atoms with van der Waals surface area (Å²) in [4.78, 5) is 11.0. The number of ether oxygens (including phenoxy) is 5. The Labute approximate surface area is 134 Å². The molecule has 0 saturated carbocycles. The first-order valence-electron chi connectivity index (χ1n) is 6.88. The largest absolute Gasteiger partial charge is 0.460 e. The second kappa shape index (κ2) is 15.9. The highest BCUT2D eigenvalue weighted by atomic mass is 79.9. The molecule has 0 rings (SSSR count). The predicted molar refractivity (Wildman–Crippen MR) is 82.8 cm³/mol. The minimum atomic E-state index is -0.396. The second-order valence-electron chi connectivity index (χ2n) is 4.05. The van der Waals surface area contributed by atoms with Gasteiger partial charge in [0.05, 0.1) is 52.9 Å². The van der Waals surface area contributed by atoms with Crippen LogP contribution in [0.15, 0.2) is 12.2 Å². The van der Waals surface area contributed by atoms with Gasteiger partial charge in [-0.3, -0.25) is 0 Å². The average Bonchev–Trinajstić information content (AvgIpc) is 2.47.